The van der Waals surface area contributed by atoms with Crippen molar-refractivity contribution in [3.63, 3.8) is 0 Å². The Morgan fingerprint density at radius 2 is 1.89 bits per heavy atom. The summed E-state index contributed by atoms with van der Waals surface area (Å²) in [5.74, 6) is 1.53. The largest absolute Gasteiger partial charge is 0.496 e. The Bertz CT molecular complexity index is 800. The standard InChI is InChI=1S/C23H29NO3/c1-4-21(19-10-12-22(26-3)16(2)13-19)24-23(25)15-27-20-11-9-17-7-5-6-8-18(17)14-20/h9-14,21H,4-8,15H2,1-3H3,(H,24,25). The number of aryl methyl sites for hydroxylation is 3. The molecule has 1 atom stereocenters. The smallest absolute Gasteiger partial charge is 0.258 e. The highest BCUT2D eigenvalue weighted by atomic mass is 16.5. The Labute approximate surface area is 161 Å². The lowest BCUT2D eigenvalue weighted by molar-refractivity contribution is -0.123. The maximum atomic E-state index is 12.4. The number of rotatable bonds is 7. The maximum Gasteiger partial charge on any atom is 0.258 e. The summed E-state index contributed by atoms with van der Waals surface area (Å²) in [7, 11) is 1.67. The second-order valence-corrected chi connectivity index (χ2v) is 7.18. The zero-order valence-electron chi connectivity index (χ0n) is 16.5. The lowest BCUT2D eigenvalue weighted by atomic mass is 9.92. The van der Waals surface area contributed by atoms with Crippen LogP contribution in [0.2, 0.25) is 0 Å². The van der Waals surface area contributed by atoms with Gasteiger partial charge in [0.05, 0.1) is 13.2 Å². The summed E-state index contributed by atoms with van der Waals surface area (Å²) in [6.45, 7) is 4.11. The van der Waals surface area contributed by atoms with Crippen molar-refractivity contribution in [2.45, 2.75) is 52.0 Å². The SMILES string of the molecule is CCC(NC(=O)COc1ccc2c(c1)CCCC2)c1ccc(OC)c(C)c1. The summed E-state index contributed by atoms with van der Waals surface area (Å²) >= 11 is 0. The molecular weight excluding hydrogens is 338 g/mol. The third-order valence-corrected chi connectivity index (χ3v) is 5.25. The molecule has 0 radical (unpaired) electrons. The quantitative estimate of drug-likeness (QED) is 0.782. The van der Waals surface area contributed by atoms with E-state index in [9.17, 15) is 4.79 Å². The van der Waals surface area contributed by atoms with Crippen LogP contribution < -0.4 is 14.8 Å². The van der Waals surface area contributed by atoms with Gasteiger partial charge in [0.2, 0.25) is 0 Å². The molecule has 0 aromatic heterocycles. The van der Waals surface area contributed by atoms with Gasteiger partial charge in [-0.2, -0.15) is 0 Å². The average molecular weight is 367 g/mol. The Balaban J connectivity index is 1.58. The third kappa shape index (κ3) is 4.82. The normalized spacial score (nSPS) is 14.2. The van der Waals surface area contributed by atoms with Crippen LogP contribution in [0, 0.1) is 6.92 Å². The van der Waals surface area contributed by atoms with Gasteiger partial charge < -0.3 is 14.8 Å². The van der Waals surface area contributed by atoms with Crippen molar-refractivity contribution < 1.29 is 14.3 Å². The maximum absolute atomic E-state index is 12.4. The van der Waals surface area contributed by atoms with E-state index in [1.54, 1.807) is 7.11 Å². The van der Waals surface area contributed by atoms with Crippen LogP contribution in [0.15, 0.2) is 36.4 Å². The molecule has 0 saturated heterocycles. The van der Waals surface area contributed by atoms with Crippen molar-refractivity contribution in [2.24, 2.45) is 0 Å². The molecule has 4 nitrogen and oxygen atoms in total. The van der Waals surface area contributed by atoms with Crippen molar-refractivity contribution in [2.75, 3.05) is 13.7 Å². The van der Waals surface area contributed by atoms with Gasteiger partial charge in [-0.05, 0) is 79.5 Å². The molecule has 0 bridgehead atoms. The minimum atomic E-state index is -0.104. The molecule has 0 spiro atoms. The fourth-order valence-electron chi connectivity index (χ4n) is 3.72. The molecular formula is C23H29NO3. The molecule has 1 amide bonds. The molecule has 2 aromatic carbocycles. The van der Waals surface area contributed by atoms with Crippen LogP contribution in [0.5, 0.6) is 11.5 Å². The number of amides is 1. The van der Waals surface area contributed by atoms with E-state index in [1.807, 2.05) is 25.1 Å². The van der Waals surface area contributed by atoms with Gasteiger partial charge in [-0.15, -0.1) is 0 Å². The zero-order chi connectivity index (χ0) is 19.2. The van der Waals surface area contributed by atoms with E-state index < -0.39 is 0 Å². The van der Waals surface area contributed by atoms with Crippen LogP contribution in [0.3, 0.4) is 0 Å². The topological polar surface area (TPSA) is 47.6 Å². The fourth-order valence-corrected chi connectivity index (χ4v) is 3.72. The first kappa shape index (κ1) is 19.3. The molecule has 1 N–H and O–H groups in total. The van der Waals surface area contributed by atoms with Crippen molar-refractivity contribution in [3.05, 3.63) is 58.7 Å². The van der Waals surface area contributed by atoms with Gasteiger partial charge in [-0.1, -0.05) is 25.1 Å². The fraction of sp³-hybridized carbons (Fsp3) is 0.435. The van der Waals surface area contributed by atoms with Crippen molar-refractivity contribution in [1.82, 2.24) is 5.32 Å². The minimum Gasteiger partial charge on any atom is -0.496 e. The van der Waals surface area contributed by atoms with Crippen molar-refractivity contribution in [1.29, 1.82) is 0 Å². The van der Waals surface area contributed by atoms with E-state index in [0.717, 1.165) is 41.9 Å². The molecule has 1 aliphatic carbocycles. The van der Waals surface area contributed by atoms with Gasteiger partial charge >= 0.3 is 0 Å². The number of hydrogen-bond acceptors (Lipinski definition) is 3. The van der Waals surface area contributed by atoms with Crippen molar-refractivity contribution >= 4 is 5.91 Å². The molecule has 0 heterocycles. The predicted molar refractivity (Wildman–Crippen MR) is 107 cm³/mol. The summed E-state index contributed by atoms with van der Waals surface area (Å²) in [5, 5.41) is 3.08. The molecule has 0 aliphatic heterocycles. The summed E-state index contributed by atoms with van der Waals surface area (Å²) in [5.41, 5.74) is 4.92. The predicted octanol–water partition coefficient (Wildman–Crippen LogP) is 4.53. The Kier molecular flexibility index (Phi) is 6.38. The van der Waals surface area contributed by atoms with E-state index >= 15 is 0 Å². The number of methoxy groups -OCH3 is 1. The molecule has 1 aliphatic rings. The van der Waals surface area contributed by atoms with E-state index in [1.165, 1.54) is 24.0 Å². The number of hydrogen-bond donors (Lipinski definition) is 1. The van der Waals surface area contributed by atoms with Crippen LogP contribution in [0.1, 0.15) is 54.5 Å². The molecule has 2 aromatic rings. The second-order valence-electron chi connectivity index (χ2n) is 7.18. The molecule has 27 heavy (non-hydrogen) atoms. The van der Waals surface area contributed by atoms with Crippen molar-refractivity contribution in [3.8, 4) is 11.5 Å². The number of benzene rings is 2. The van der Waals surface area contributed by atoms with Crippen LogP contribution in [-0.2, 0) is 17.6 Å². The summed E-state index contributed by atoms with van der Waals surface area (Å²) in [6.07, 6.45) is 5.56. The lowest BCUT2D eigenvalue weighted by Gasteiger charge is -2.19. The molecule has 4 heteroatoms. The highest BCUT2D eigenvalue weighted by Crippen LogP contribution is 2.26. The van der Waals surface area contributed by atoms with Crippen LogP contribution in [0.4, 0.5) is 0 Å². The number of carbonyl (C=O) groups excluding carboxylic acids is 1. The van der Waals surface area contributed by atoms with Gasteiger partial charge in [0.15, 0.2) is 6.61 Å². The molecule has 1 unspecified atom stereocenters. The van der Waals surface area contributed by atoms with Gasteiger partial charge in [-0.25, -0.2) is 0 Å². The van der Waals surface area contributed by atoms with Gasteiger partial charge in [0.25, 0.3) is 5.91 Å². The number of ether oxygens (including phenoxy) is 2. The summed E-state index contributed by atoms with van der Waals surface area (Å²) in [6, 6.07) is 12.2. The highest BCUT2D eigenvalue weighted by Gasteiger charge is 2.15. The molecule has 0 fully saturated rings. The monoisotopic (exact) mass is 367 g/mol. The molecule has 144 valence electrons. The Hall–Kier alpha value is -2.49. The number of fused-ring (bicyclic) bond motifs is 1. The Morgan fingerprint density at radius 1 is 1.11 bits per heavy atom. The van der Waals surface area contributed by atoms with E-state index in [0.29, 0.717) is 0 Å². The first-order valence-corrected chi connectivity index (χ1v) is 9.79. The first-order valence-electron chi connectivity index (χ1n) is 9.79. The number of carbonyl (C=O) groups is 1. The molecule has 3 rings (SSSR count). The van der Waals surface area contributed by atoms with E-state index in [2.05, 4.69) is 30.4 Å². The second kappa shape index (κ2) is 8.94. The highest BCUT2D eigenvalue weighted by molar-refractivity contribution is 5.78. The van der Waals surface area contributed by atoms with Crippen LogP contribution >= 0.6 is 0 Å². The van der Waals surface area contributed by atoms with Gasteiger partial charge in [0.1, 0.15) is 11.5 Å². The van der Waals surface area contributed by atoms with Crippen LogP contribution in [0.25, 0.3) is 0 Å². The van der Waals surface area contributed by atoms with E-state index in [-0.39, 0.29) is 18.6 Å². The van der Waals surface area contributed by atoms with E-state index in [4.69, 9.17) is 9.47 Å². The summed E-state index contributed by atoms with van der Waals surface area (Å²) in [4.78, 5) is 12.4. The minimum absolute atomic E-state index is 0.0322. The average Bonchev–Trinajstić information content (AvgIpc) is 2.70. The lowest BCUT2D eigenvalue weighted by Crippen LogP contribution is -2.32. The zero-order valence-corrected chi connectivity index (χ0v) is 16.5. The Morgan fingerprint density at radius 3 is 2.59 bits per heavy atom. The van der Waals surface area contributed by atoms with Gasteiger partial charge in [0, 0.05) is 0 Å². The number of nitrogens with one attached hydrogen (secondary N) is 1. The molecule has 0 saturated carbocycles. The van der Waals surface area contributed by atoms with Gasteiger partial charge in [-0.3, -0.25) is 4.79 Å². The third-order valence-electron chi connectivity index (χ3n) is 5.25. The first-order chi connectivity index (χ1) is 13.1. The van der Waals surface area contributed by atoms with Crippen LogP contribution in [-0.4, -0.2) is 19.6 Å². The summed E-state index contributed by atoms with van der Waals surface area (Å²) < 4.78 is 11.1.